The predicted octanol–water partition coefficient (Wildman–Crippen LogP) is 20.6. The number of aromatic nitrogens is 1. The van der Waals surface area contributed by atoms with Crippen LogP contribution in [0.3, 0.4) is 0 Å². The molecule has 0 bridgehead atoms. The number of para-hydroxylation sites is 4. The summed E-state index contributed by atoms with van der Waals surface area (Å²) in [6, 6.07) is 89.2. The first-order valence-corrected chi connectivity index (χ1v) is 26.2. The summed E-state index contributed by atoms with van der Waals surface area (Å²) in [6.07, 6.45) is 0. The fourth-order valence-corrected chi connectivity index (χ4v) is 11.3. The van der Waals surface area contributed by atoms with Crippen LogP contribution in [0, 0.1) is 0 Å². The van der Waals surface area contributed by atoms with E-state index in [1.165, 1.54) is 60.4 Å². The minimum Gasteiger partial charge on any atom is -0.456 e. The summed E-state index contributed by atoms with van der Waals surface area (Å²) in [5.41, 5.74) is 20.5. The maximum Gasteiger partial charge on any atom is 0.136 e. The second-order valence-electron chi connectivity index (χ2n) is 22.2. The molecular formula is C72H58N2O. The monoisotopic (exact) mass is 966 g/mol. The molecule has 2 heterocycles. The summed E-state index contributed by atoms with van der Waals surface area (Å²) in [5.74, 6) is 0. The number of rotatable bonds is 8. The third kappa shape index (κ3) is 8.17. The fourth-order valence-electron chi connectivity index (χ4n) is 11.3. The standard InChI is InChI=1S/C72H58N2O/c1-71(2,3)53-41-52(42-54(46-53)72(4,5)6)58-28-17-19-48-20-18-29-64(70(48)58)60-26-11-13-30-65(60)73(56-37-33-47(34-38-56)51-36-40-63-62-27-12-15-32-68(62)75-69(63)45-51)57-24-16-21-49(43-57)50-35-39-61-59-25-10-14-31-66(59)74(67(61)44-50)55-22-8-7-9-23-55/h7-46H,1-6H3. The van der Waals surface area contributed by atoms with E-state index in [-0.39, 0.29) is 10.8 Å². The molecule has 13 aromatic rings. The Morgan fingerprint density at radius 1 is 0.347 bits per heavy atom. The number of hydrogen-bond donors (Lipinski definition) is 0. The van der Waals surface area contributed by atoms with Crippen molar-refractivity contribution in [3.05, 3.63) is 254 Å². The zero-order valence-corrected chi connectivity index (χ0v) is 43.4. The maximum atomic E-state index is 6.36. The first kappa shape index (κ1) is 45.9. The van der Waals surface area contributed by atoms with Gasteiger partial charge >= 0.3 is 0 Å². The van der Waals surface area contributed by atoms with E-state index in [9.17, 15) is 0 Å². The van der Waals surface area contributed by atoms with Crippen molar-refractivity contribution in [2.45, 2.75) is 52.4 Å². The van der Waals surface area contributed by atoms with Crippen LogP contribution in [0.5, 0.6) is 0 Å². The van der Waals surface area contributed by atoms with Crippen LogP contribution in [0.2, 0.25) is 0 Å². The van der Waals surface area contributed by atoms with Crippen LogP contribution >= 0.6 is 0 Å². The number of hydrogen-bond acceptors (Lipinski definition) is 2. The SMILES string of the molecule is CC(C)(C)c1cc(-c2cccc3cccc(-c4ccccc4N(c4ccc(-c5ccc6c(c5)oc5ccccc56)cc4)c4cccc(-c5ccc6c7ccccc7n(-c7ccccc7)c6c5)c4)c23)cc(C(C)(C)C)c1. The van der Waals surface area contributed by atoms with E-state index in [2.05, 4.69) is 282 Å². The summed E-state index contributed by atoms with van der Waals surface area (Å²) in [5, 5.41) is 7.19. The fraction of sp³-hybridized carbons (Fsp3) is 0.111. The molecular weight excluding hydrogens is 909 g/mol. The van der Waals surface area contributed by atoms with E-state index in [4.69, 9.17) is 4.42 Å². The average molecular weight is 967 g/mol. The van der Waals surface area contributed by atoms with E-state index in [0.29, 0.717) is 0 Å². The molecule has 11 aromatic carbocycles. The van der Waals surface area contributed by atoms with Gasteiger partial charge in [0.15, 0.2) is 0 Å². The normalized spacial score (nSPS) is 12.1. The van der Waals surface area contributed by atoms with Crippen LogP contribution in [-0.2, 0) is 10.8 Å². The third-order valence-corrected chi connectivity index (χ3v) is 15.3. The lowest BCUT2D eigenvalue weighted by Gasteiger charge is -2.29. The van der Waals surface area contributed by atoms with E-state index in [1.54, 1.807) is 0 Å². The van der Waals surface area contributed by atoms with Crippen molar-refractivity contribution in [3.63, 3.8) is 0 Å². The summed E-state index contributed by atoms with van der Waals surface area (Å²) in [7, 11) is 0. The summed E-state index contributed by atoms with van der Waals surface area (Å²) in [6.45, 7) is 13.9. The van der Waals surface area contributed by atoms with Gasteiger partial charge < -0.3 is 13.9 Å². The molecule has 0 saturated heterocycles. The molecule has 75 heavy (non-hydrogen) atoms. The Hall–Kier alpha value is -8.92. The topological polar surface area (TPSA) is 21.3 Å². The van der Waals surface area contributed by atoms with Crippen molar-refractivity contribution in [1.82, 2.24) is 4.57 Å². The highest BCUT2D eigenvalue weighted by atomic mass is 16.3. The molecule has 0 radical (unpaired) electrons. The lowest BCUT2D eigenvalue weighted by Crippen LogP contribution is -2.16. The smallest absolute Gasteiger partial charge is 0.136 e. The molecule has 0 unspecified atom stereocenters. The molecule has 2 aromatic heterocycles. The van der Waals surface area contributed by atoms with Crippen molar-refractivity contribution < 1.29 is 4.42 Å². The zero-order chi connectivity index (χ0) is 51.0. The summed E-state index contributed by atoms with van der Waals surface area (Å²) < 4.78 is 8.76. The lowest BCUT2D eigenvalue weighted by atomic mass is 9.78. The van der Waals surface area contributed by atoms with Gasteiger partial charge in [0.1, 0.15) is 11.2 Å². The molecule has 0 amide bonds. The molecule has 0 aliphatic rings. The highest BCUT2D eigenvalue weighted by Crippen LogP contribution is 2.47. The molecule has 362 valence electrons. The molecule has 0 aliphatic heterocycles. The highest BCUT2D eigenvalue weighted by Gasteiger charge is 2.24. The zero-order valence-electron chi connectivity index (χ0n) is 43.4. The van der Waals surface area contributed by atoms with Crippen molar-refractivity contribution in [3.8, 4) is 50.2 Å². The van der Waals surface area contributed by atoms with Gasteiger partial charge in [-0.1, -0.05) is 211 Å². The van der Waals surface area contributed by atoms with Gasteiger partial charge in [-0.2, -0.15) is 0 Å². The largest absolute Gasteiger partial charge is 0.456 e. The Kier molecular flexibility index (Phi) is 11.0. The molecule has 0 N–H and O–H groups in total. The Bertz CT molecular complexity index is 4270. The molecule has 13 rings (SSSR count). The van der Waals surface area contributed by atoms with Crippen LogP contribution in [-0.4, -0.2) is 4.57 Å². The van der Waals surface area contributed by atoms with Gasteiger partial charge in [-0.3, -0.25) is 0 Å². The summed E-state index contributed by atoms with van der Waals surface area (Å²) in [4.78, 5) is 2.45. The molecule has 3 nitrogen and oxygen atoms in total. The first-order valence-electron chi connectivity index (χ1n) is 26.2. The van der Waals surface area contributed by atoms with Gasteiger partial charge in [0, 0.05) is 44.2 Å². The molecule has 0 aliphatic carbocycles. The maximum absolute atomic E-state index is 6.36. The Morgan fingerprint density at radius 3 is 1.68 bits per heavy atom. The number of furan rings is 1. The van der Waals surface area contributed by atoms with E-state index < -0.39 is 0 Å². The Morgan fingerprint density at radius 2 is 0.920 bits per heavy atom. The Balaban J connectivity index is 0.993. The first-order chi connectivity index (χ1) is 36.4. The molecule has 0 atom stereocenters. The van der Waals surface area contributed by atoms with Crippen LogP contribution in [0.1, 0.15) is 52.7 Å². The van der Waals surface area contributed by atoms with Gasteiger partial charge in [-0.15, -0.1) is 0 Å². The highest BCUT2D eigenvalue weighted by molar-refractivity contribution is 6.11. The van der Waals surface area contributed by atoms with Crippen molar-refractivity contribution in [1.29, 1.82) is 0 Å². The molecule has 0 saturated carbocycles. The average Bonchev–Trinajstić information content (AvgIpc) is 3.98. The van der Waals surface area contributed by atoms with Crippen molar-refractivity contribution in [2.75, 3.05) is 4.90 Å². The second-order valence-corrected chi connectivity index (χ2v) is 22.2. The van der Waals surface area contributed by atoms with Gasteiger partial charge in [0.25, 0.3) is 0 Å². The number of benzene rings is 11. The van der Waals surface area contributed by atoms with Gasteiger partial charge in [-0.25, -0.2) is 0 Å². The molecule has 3 heteroatoms. The van der Waals surface area contributed by atoms with Crippen LogP contribution in [0.25, 0.3) is 105 Å². The number of nitrogens with zero attached hydrogens (tertiary/aromatic N) is 2. The number of anilines is 3. The van der Waals surface area contributed by atoms with E-state index in [0.717, 1.165) is 72.5 Å². The molecule has 0 spiro atoms. The van der Waals surface area contributed by atoms with Crippen LogP contribution in [0.4, 0.5) is 17.1 Å². The van der Waals surface area contributed by atoms with E-state index in [1.807, 2.05) is 12.1 Å². The van der Waals surface area contributed by atoms with Gasteiger partial charge in [0.2, 0.25) is 0 Å². The van der Waals surface area contributed by atoms with Crippen LogP contribution < -0.4 is 4.90 Å². The lowest BCUT2D eigenvalue weighted by molar-refractivity contribution is 0.569. The van der Waals surface area contributed by atoms with E-state index >= 15 is 0 Å². The summed E-state index contributed by atoms with van der Waals surface area (Å²) >= 11 is 0. The van der Waals surface area contributed by atoms with Gasteiger partial charge in [0.05, 0.1) is 16.7 Å². The Labute approximate surface area is 439 Å². The second kappa shape index (κ2) is 17.9. The van der Waals surface area contributed by atoms with Crippen LogP contribution in [0.15, 0.2) is 247 Å². The minimum absolute atomic E-state index is 0.0210. The van der Waals surface area contributed by atoms with Crippen molar-refractivity contribution >= 4 is 71.6 Å². The predicted molar refractivity (Wildman–Crippen MR) is 319 cm³/mol. The molecule has 0 fully saturated rings. The minimum atomic E-state index is -0.0210. The third-order valence-electron chi connectivity index (χ3n) is 15.3. The number of fused-ring (bicyclic) bond motifs is 7. The van der Waals surface area contributed by atoms with Crippen molar-refractivity contribution in [2.24, 2.45) is 0 Å². The quantitative estimate of drug-likeness (QED) is 0.151. The van der Waals surface area contributed by atoms with Gasteiger partial charge in [-0.05, 0) is 144 Å².